The van der Waals surface area contributed by atoms with E-state index in [2.05, 4.69) is 37.8 Å². The summed E-state index contributed by atoms with van der Waals surface area (Å²) in [5.41, 5.74) is 1.61. The zero-order valence-corrected chi connectivity index (χ0v) is 16.2. The third kappa shape index (κ3) is 5.54. The van der Waals surface area contributed by atoms with E-state index in [1.807, 2.05) is 12.4 Å². The van der Waals surface area contributed by atoms with E-state index in [1.54, 1.807) is 5.57 Å². The number of allylic oxidation sites excluding steroid dienone is 1. The Hall–Kier alpha value is -1.40. The second kappa shape index (κ2) is 9.34. The van der Waals surface area contributed by atoms with E-state index in [0.717, 1.165) is 63.0 Å². The van der Waals surface area contributed by atoms with E-state index >= 15 is 0 Å². The number of thiocarbonyl (C=S) groups is 1. The monoisotopic (exact) mass is 361 g/mol. The molecule has 1 aromatic heterocycles. The molecule has 2 heterocycles. The first kappa shape index (κ1) is 18.4. The van der Waals surface area contributed by atoms with E-state index in [1.165, 1.54) is 25.7 Å². The van der Waals surface area contributed by atoms with Crippen LogP contribution in [-0.4, -0.2) is 57.2 Å². The highest BCUT2D eigenvalue weighted by atomic mass is 32.1. The van der Waals surface area contributed by atoms with Crippen LogP contribution in [0.5, 0.6) is 0 Å². The van der Waals surface area contributed by atoms with E-state index < -0.39 is 0 Å². The van der Waals surface area contributed by atoms with Crippen molar-refractivity contribution in [1.82, 2.24) is 24.7 Å². The summed E-state index contributed by atoms with van der Waals surface area (Å²) < 4.78 is 2.11. The molecule has 6 heteroatoms. The molecular formula is C19H31N5S. The van der Waals surface area contributed by atoms with Crippen LogP contribution in [0.25, 0.3) is 0 Å². The third-order valence-corrected chi connectivity index (χ3v) is 5.67. The lowest BCUT2D eigenvalue weighted by molar-refractivity contribution is 0.268. The fourth-order valence-electron chi connectivity index (χ4n) is 3.65. The van der Waals surface area contributed by atoms with E-state index in [9.17, 15) is 0 Å². The predicted molar refractivity (Wildman–Crippen MR) is 106 cm³/mol. The smallest absolute Gasteiger partial charge is 0.168 e. The molecule has 138 valence electrons. The van der Waals surface area contributed by atoms with Crippen molar-refractivity contribution in [2.45, 2.75) is 45.1 Å². The van der Waals surface area contributed by atoms with Crippen LogP contribution < -0.4 is 5.32 Å². The molecule has 0 saturated carbocycles. The minimum Gasteiger partial charge on any atom is -0.362 e. The SMILES string of the molecule is Cn1ccnc1CN1CCCN(C(=S)NCCC2=CCCCC2)CC1. The molecule has 1 saturated heterocycles. The molecule has 2 aliphatic rings. The molecule has 0 amide bonds. The lowest BCUT2D eigenvalue weighted by Gasteiger charge is -2.25. The Bertz CT molecular complexity index is 594. The average Bonchev–Trinajstić information content (AvgIpc) is 2.89. The van der Waals surface area contributed by atoms with Crippen molar-refractivity contribution in [3.63, 3.8) is 0 Å². The number of hydrogen-bond donors (Lipinski definition) is 1. The van der Waals surface area contributed by atoms with Crippen LogP contribution in [0.15, 0.2) is 24.0 Å². The third-order valence-electron chi connectivity index (χ3n) is 5.27. The molecule has 3 rings (SSSR count). The van der Waals surface area contributed by atoms with Crippen molar-refractivity contribution >= 4 is 17.3 Å². The number of aryl methyl sites for hydroxylation is 1. The summed E-state index contributed by atoms with van der Waals surface area (Å²) in [4.78, 5) is 9.26. The Morgan fingerprint density at radius 1 is 1.20 bits per heavy atom. The van der Waals surface area contributed by atoms with Crippen molar-refractivity contribution < 1.29 is 0 Å². The van der Waals surface area contributed by atoms with Crippen LogP contribution in [0.2, 0.25) is 0 Å². The predicted octanol–water partition coefficient (Wildman–Crippen LogP) is 2.69. The lowest BCUT2D eigenvalue weighted by Crippen LogP contribution is -2.42. The molecule has 0 bridgehead atoms. The molecule has 1 aromatic rings. The molecule has 25 heavy (non-hydrogen) atoms. The van der Waals surface area contributed by atoms with Gasteiger partial charge < -0.3 is 14.8 Å². The topological polar surface area (TPSA) is 36.3 Å². The van der Waals surface area contributed by atoms with Gasteiger partial charge in [0.25, 0.3) is 0 Å². The highest BCUT2D eigenvalue weighted by Gasteiger charge is 2.18. The minimum absolute atomic E-state index is 0.922. The van der Waals surface area contributed by atoms with Gasteiger partial charge in [0, 0.05) is 52.2 Å². The van der Waals surface area contributed by atoms with Gasteiger partial charge in [-0.25, -0.2) is 4.98 Å². The van der Waals surface area contributed by atoms with Crippen LogP contribution in [0.4, 0.5) is 0 Å². The van der Waals surface area contributed by atoms with E-state index in [0.29, 0.717) is 0 Å². The Balaban J connectivity index is 1.40. The Kier molecular flexibility index (Phi) is 6.87. The number of rotatable bonds is 5. The number of imidazole rings is 1. The highest BCUT2D eigenvalue weighted by molar-refractivity contribution is 7.80. The molecule has 1 N–H and O–H groups in total. The van der Waals surface area contributed by atoms with Gasteiger partial charge in [-0.15, -0.1) is 0 Å². The van der Waals surface area contributed by atoms with Crippen LogP contribution in [0, 0.1) is 0 Å². The first-order valence-electron chi connectivity index (χ1n) is 9.61. The van der Waals surface area contributed by atoms with Crippen LogP contribution in [0.1, 0.15) is 44.3 Å². The van der Waals surface area contributed by atoms with Crippen LogP contribution in [-0.2, 0) is 13.6 Å². The summed E-state index contributed by atoms with van der Waals surface area (Å²) in [6, 6.07) is 0. The maximum Gasteiger partial charge on any atom is 0.168 e. The minimum atomic E-state index is 0.922. The number of nitrogens with zero attached hydrogens (tertiary/aromatic N) is 4. The molecule has 1 aliphatic heterocycles. The average molecular weight is 362 g/mol. The van der Waals surface area contributed by atoms with Gasteiger partial charge in [0.1, 0.15) is 5.82 Å². The normalized spacial score (nSPS) is 19.4. The number of hydrogen-bond acceptors (Lipinski definition) is 3. The summed E-state index contributed by atoms with van der Waals surface area (Å²) in [6.45, 7) is 6.09. The second-order valence-electron chi connectivity index (χ2n) is 7.16. The molecule has 0 unspecified atom stereocenters. The maximum absolute atomic E-state index is 5.64. The largest absolute Gasteiger partial charge is 0.362 e. The van der Waals surface area contributed by atoms with Crippen molar-refractivity contribution in [2.75, 3.05) is 32.7 Å². The first-order valence-corrected chi connectivity index (χ1v) is 10.0. The van der Waals surface area contributed by atoms with Gasteiger partial charge in [-0.3, -0.25) is 4.90 Å². The maximum atomic E-state index is 5.64. The number of aromatic nitrogens is 2. The quantitative estimate of drug-likeness (QED) is 0.645. The molecule has 1 fully saturated rings. The Labute approximate surface area is 157 Å². The zero-order chi connectivity index (χ0) is 17.5. The van der Waals surface area contributed by atoms with Gasteiger partial charge in [0.15, 0.2) is 5.11 Å². The van der Waals surface area contributed by atoms with Gasteiger partial charge in [0.2, 0.25) is 0 Å². The molecule has 0 aromatic carbocycles. The van der Waals surface area contributed by atoms with Gasteiger partial charge >= 0.3 is 0 Å². The molecule has 0 spiro atoms. The molecule has 0 radical (unpaired) electrons. The Morgan fingerprint density at radius 3 is 2.88 bits per heavy atom. The van der Waals surface area contributed by atoms with Crippen LogP contribution >= 0.6 is 12.2 Å². The van der Waals surface area contributed by atoms with Crippen molar-refractivity contribution in [3.05, 3.63) is 29.9 Å². The van der Waals surface area contributed by atoms with Gasteiger partial charge in [-0.1, -0.05) is 11.6 Å². The van der Waals surface area contributed by atoms with Gasteiger partial charge in [-0.2, -0.15) is 0 Å². The molecule has 0 atom stereocenters. The van der Waals surface area contributed by atoms with Crippen molar-refractivity contribution in [2.24, 2.45) is 7.05 Å². The summed E-state index contributed by atoms with van der Waals surface area (Å²) in [7, 11) is 2.06. The number of nitrogens with one attached hydrogen (secondary N) is 1. The van der Waals surface area contributed by atoms with Crippen LogP contribution in [0.3, 0.4) is 0 Å². The first-order chi connectivity index (χ1) is 12.2. The summed E-state index contributed by atoms with van der Waals surface area (Å²) in [6.07, 6.45) is 13.9. The summed E-state index contributed by atoms with van der Waals surface area (Å²) >= 11 is 5.64. The zero-order valence-electron chi connectivity index (χ0n) is 15.4. The molecular weight excluding hydrogens is 330 g/mol. The van der Waals surface area contributed by atoms with Gasteiger partial charge in [-0.05, 0) is 50.7 Å². The highest BCUT2D eigenvalue weighted by Crippen LogP contribution is 2.19. The lowest BCUT2D eigenvalue weighted by atomic mass is 9.97. The molecule has 1 aliphatic carbocycles. The van der Waals surface area contributed by atoms with E-state index in [-0.39, 0.29) is 0 Å². The van der Waals surface area contributed by atoms with Crippen molar-refractivity contribution in [1.29, 1.82) is 0 Å². The standard InChI is InChI=1S/C19H31N5S/c1-22-13-10-20-18(22)16-23-11-5-12-24(15-14-23)19(25)21-9-8-17-6-3-2-4-7-17/h6,10,13H,2-5,7-9,11-12,14-16H2,1H3,(H,21,25). The summed E-state index contributed by atoms with van der Waals surface area (Å²) in [5, 5.41) is 4.40. The summed E-state index contributed by atoms with van der Waals surface area (Å²) in [5.74, 6) is 1.13. The molecule has 5 nitrogen and oxygen atoms in total. The second-order valence-corrected chi connectivity index (χ2v) is 7.55. The van der Waals surface area contributed by atoms with Gasteiger partial charge in [0.05, 0.1) is 6.54 Å². The fraction of sp³-hybridized carbons (Fsp3) is 0.684. The van der Waals surface area contributed by atoms with Crippen molar-refractivity contribution in [3.8, 4) is 0 Å². The van der Waals surface area contributed by atoms with E-state index in [4.69, 9.17) is 12.2 Å². The Morgan fingerprint density at radius 2 is 2.12 bits per heavy atom. The fourth-order valence-corrected chi connectivity index (χ4v) is 3.94.